The number of hydrogen-bond acceptors (Lipinski definition) is 2. The maximum Gasteiger partial charge on any atom is 0.115 e. The molecular weight excluding hydrogens is 198 g/mol. The molecule has 0 aliphatic carbocycles. The van der Waals surface area contributed by atoms with Crippen molar-refractivity contribution in [1.82, 2.24) is 5.32 Å². The molecule has 1 aromatic rings. The van der Waals surface area contributed by atoms with Crippen LogP contribution < -0.4 is 5.32 Å². The summed E-state index contributed by atoms with van der Waals surface area (Å²) < 4.78 is 0. The highest BCUT2D eigenvalue weighted by Gasteiger charge is 2.03. The monoisotopic (exact) mass is 211 g/mol. The lowest BCUT2D eigenvalue weighted by Crippen LogP contribution is -2.19. The number of benzene rings is 1. The van der Waals surface area contributed by atoms with Crippen molar-refractivity contribution in [1.29, 1.82) is 0 Å². The first-order chi connectivity index (χ1) is 6.59. The van der Waals surface area contributed by atoms with Gasteiger partial charge in [0.2, 0.25) is 0 Å². The Labute approximate surface area is 89.2 Å². The molecule has 0 saturated carbocycles. The molecule has 0 aliphatic rings. The van der Waals surface area contributed by atoms with Gasteiger partial charge in [-0.2, -0.15) is 0 Å². The average Bonchev–Trinajstić information content (AvgIpc) is 2.15. The first-order valence-electron chi connectivity index (χ1n) is 4.45. The average molecular weight is 212 g/mol. The van der Waals surface area contributed by atoms with Crippen molar-refractivity contribution in [3.8, 4) is 5.75 Å². The summed E-state index contributed by atoms with van der Waals surface area (Å²) in [4.78, 5) is 0. The summed E-state index contributed by atoms with van der Waals surface area (Å²) in [5.41, 5.74) is 1.11. The molecule has 0 spiro atoms. The fourth-order valence-corrected chi connectivity index (χ4v) is 1.22. The zero-order chi connectivity index (χ0) is 10.6. The Hall–Kier alpha value is -0.990. The number of phenolic OH excluding ortho intramolecular Hbond substituents is 1. The molecule has 0 aromatic heterocycles. The molecule has 0 aliphatic heterocycles. The van der Waals surface area contributed by atoms with Crippen molar-refractivity contribution in [3.63, 3.8) is 0 Å². The molecule has 14 heavy (non-hydrogen) atoms. The molecule has 0 amide bonds. The zero-order valence-corrected chi connectivity index (χ0v) is 8.88. The topological polar surface area (TPSA) is 32.3 Å². The van der Waals surface area contributed by atoms with Gasteiger partial charge in [0, 0.05) is 17.6 Å². The largest absolute Gasteiger partial charge is 0.508 e. The quantitative estimate of drug-likeness (QED) is 0.803. The number of hydrogen-bond donors (Lipinski definition) is 2. The third-order valence-corrected chi connectivity index (χ3v) is 2.13. The van der Waals surface area contributed by atoms with E-state index in [2.05, 4.69) is 11.9 Å². The Morgan fingerprint density at radius 2 is 2.07 bits per heavy atom. The van der Waals surface area contributed by atoms with E-state index in [4.69, 9.17) is 16.7 Å². The van der Waals surface area contributed by atoms with E-state index in [0.717, 1.165) is 5.56 Å². The van der Waals surface area contributed by atoms with Gasteiger partial charge in [-0.05, 0) is 24.6 Å². The fourth-order valence-electron chi connectivity index (χ4n) is 1.14. The first-order valence-corrected chi connectivity index (χ1v) is 4.83. The molecule has 1 aromatic carbocycles. The van der Waals surface area contributed by atoms with Crippen LogP contribution in [0, 0.1) is 0 Å². The summed E-state index contributed by atoms with van der Waals surface area (Å²) >= 11 is 5.64. The molecule has 1 atom stereocenters. The van der Waals surface area contributed by atoms with Gasteiger partial charge in [-0.1, -0.05) is 30.3 Å². The smallest absolute Gasteiger partial charge is 0.115 e. The van der Waals surface area contributed by atoms with Gasteiger partial charge in [0.05, 0.1) is 0 Å². The van der Waals surface area contributed by atoms with E-state index in [1.807, 2.05) is 19.1 Å². The van der Waals surface area contributed by atoms with Crippen molar-refractivity contribution < 1.29 is 5.11 Å². The molecule has 76 valence electrons. The lowest BCUT2D eigenvalue weighted by molar-refractivity contribution is 0.474. The van der Waals surface area contributed by atoms with Crippen LogP contribution in [0.4, 0.5) is 0 Å². The molecule has 0 saturated heterocycles. The standard InChI is InChI=1S/C11H14ClNO/c1-8(12)7-13-9(2)10-3-5-11(14)6-4-10/h3-6,9,13-14H,1,7H2,2H3. The van der Waals surface area contributed by atoms with Crippen LogP contribution in [0.3, 0.4) is 0 Å². The second-order valence-corrected chi connectivity index (χ2v) is 3.75. The minimum Gasteiger partial charge on any atom is -0.508 e. The molecular formula is C11H14ClNO. The Bertz CT molecular complexity index is 308. The van der Waals surface area contributed by atoms with E-state index < -0.39 is 0 Å². The third-order valence-electron chi connectivity index (χ3n) is 1.99. The molecule has 3 heteroatoms. The zero-order valence-electron chi connectivity index (χ0n) is 8.13. The minimum atomic E-state index is 0.200. The van der Waals surface area contributed by atoms with E-state index in [0.29, 0.717) is 11.6 Å². The lowest BCUT2D eigenvalue weighted by Gasteiger charge is -2.13. The Morgan fingerprint density at radius 1 is 1.50 bits per heavy atom. The maximum atomic E-state index is 9.10. The molecule has 0 bridgehead atoms. The summed E-state index contributed by atoms with van der Waals surface area (Å²) in [6, 6.07) is 7.30. The van der Waals surface area contributed by atoms with E-state index in [-0.39, 0.29) is 11.8 Å². The Balaban J connectivity index is 2.56. The minimum absolute atomic E-state index is 0.200. The van der Waals surface area contributed by atoms with Gasteiger partial charge in [0.1, 0.15) is 5.75 Å². The third kappa shape index (κ3) is 3.40. The van der Waals surface area contributed by atoms with Crippen LogP contribution in [-0.2, 0) is 0 Å². The summed E-state index contributed by atoms with van der Waals surface area (Å²) in [5, 5.41) is 12.9. The summed E-state index contributed by atoms with van der Waals surface area (Å²) in [6.45, 7) is 6.22. The molecule has 1 rings (SSSR count). The van der Waals surface area contributed by atoms with Crippen LogP contribution in [-0.4, -0.2) is 11.7 Å². The molecule has 0 heterocycles. The van der Waals surface area contributed by atoms with Crippen molar-refractivity contribution in [3.05, 3.63) is 41.4 Å². The van der Waals surface area contributed by atoms with Gasteiger partial charge >= 0.3 is 0 Å². The van der Waals surface area contributed by atoms with Crippen molar-refractivity contribution in [2.75, 3.05) is 6.54 Å². The van der Waals surface area contributed by atoms with Gasteiger partial charge in [0.25, 0.3) is 0 Å². The first kappa shape index (κ1) is 11.1. The molecule has 0 radical (unpaired) electrons. The predicted molar refractivity (Wildman–Crippen MR) is 59.5 cm³/mol. The molecule has 0 fully saturated rings. The molecule has 1 unspecified atom stereocenters. The van der Waals surface area contributed by atoms with Crippen LogP contribution in [0.15, 0.2) is 35.9 Å². The second kappa shape index (κ2) is 5.03. The van der Waals surface area contributed by atoms with Gasteiger partial charge in [-0.25, -0.2) is 0 Å². The van der Waals surface area contributed by atoms with E-state index in [1.165, 1.54) is 0 Å². The van der Waals surface area contributed by atoms with E-state index >= 15 is 0 Å². The highest BCUT2D eigenvalue weighted by Crippen LogP contribution is 2.16. The molecule has 2 nitrogen and oxygen atoms in total. The lowest BCUT2D eigenvalue weighted by atomic mass is 10.1. The Kier molecular flexibility index (Phi) is 3.98. The summed E-state index contributed by atoms with van der Waals surface area (Å²) in [6.07, 6.45) is 0. The normalized spacial score (nSPS) is 12.4. The van der Waals surface area contributed by atoms with Crippen LogP contribution in [0.2, 0.25) is 0 Å². The SMILES string of the molecule is C=C(Cl)CNC(C)c1ccc(O)cc1. The maximum absolute atomic E-state index is 9.10. The van der Waals surface area contributed by atoms with Crippen molar-refractivity contribution in [2.45, 2.75) is 13.0 Å². The summed E-state index contributed by atoms with van der Waals surface area (Å²) in [7, 11) is 0. The van der Waals surface area contributed by atoms with Gasteiger partial charge < -0.3 is 10.4 Å². The molecule has 2 N–H and O–H groups in total. The van der Waals surface area contributed by atoms with Crippen LogP contribution in [0.5, 0.6) is 5.75 Å². The fraction of sp³-hybridized carbons (Fsp3) is 0.273. The van der Waals surface area contributed by atoms with Crippen LogP contribution in [0.1, 0.15) is 18.5 Å². The van der Waals surface area contributed by atoms with E-state index in [9.17, 15) is 0 Å². The van der Waals surface area contributed by atoms with Crippen LogP contribution in [0.25, 0.3) is 0 Å². The van der Waals surface area contributed by atoms with Gasteiger partial charge in [-0.15, -0.1) is 0 Å². The highest BCUT2D eigenvalue weighted by atomic mass is 35.5. The van der Waals surface area contributed by atoms with Crippen molar-refractivity contribution >= 4 is 11.6 Å². The van der Waals surface area contributed by atoms with Gasteiger partial charge in [-0.3, -0.25) is 0 Å². The number of nitrogens with one attached hydrogen (secondary N) is 1. The highest BCUT2D eigenvalue weighted by molar-refractivity contribution is 6.29. The Morgan fingerprint density at radius 3 is 2.57 bits per heavy atom. The second-order valence-electron chi connectivity index (χ2n) is 3.21. The van der Waals surface area contributed by atoms with Crippen molar-refractivity contribution in [2.24, 2.45) is 0 Å². The van der Waals surface area contributed by atoms with E-state index in [1.54, 1.807) is 12.1 Å². The predicted octanol–water partition coefficient (Wildman–Crippen LogP) is 2.80. The van der Waals surface area contributed by atoms with Crippen LogP contribution >= 0.6 is 11.6 Å². The van der Waals surface area contributed by atoms with Gasteiger partial charge in [0.15, 0.2) is 0 Å². The number of halogens is 1. The number of rotatable bonds is 4. The number of phenols is 1. The summed E-state index contributed by atoms with van der Waals surface area (Å²) in [5.74, 6) is 0.280. The number of aromatic hydroxyl groups is 1.